The van der Waals surface area contributed by atoms with Gasteiger partial charge in [-0.25, -0.2) is 0 Å². The highest BCUT2D eigenvalue weighted by atomic mass is 16.5. The molecule has 2 aliphatic rings. The zero-order chi connectivity index (χ0) is 21.1. The average Bonchev–Trinajstić information content (AvgIpc) is 2.71. The molecule has 7 nitrogen and oxygen atoms in total. The highest BCUT2D eigenvalue weighted by Crippen LogP contribution is 2.48. The van der Waals surface area contributed by atoms with Crippen molar-refractivity contribution in [3.8, 4) is 11.5 Å². The molecule has 0 aliphatic heterocycles. The number of methoxy groups -OCH3 is 1. The van der Waals surface area contributed by atoms with E-state index in [1.807, 2.05) is 0 Å². The first-order chi connectivity index (χ1) is 13.7. The summed E-state index contributed by atoms with van der Waals surface area (Å²) in [6, 6.07) is 5.59. The smallest absolute Gasteiger partial charge is 0.316 e. The van der Waals surface area contributed by atoms with E-state index in [-0.39, 0.29) is 52.8 Å². The Morgan fingerprint density at radius 3 is 2.55 bits per heavy atom. The van der Waals surface area contributed by atoms with Crippen molar-refractivity contribution in [1.29, 1.82) is 0 Å². The lowest BCUT2D eigenvalue weighted by Gasteiger charge is -2.40. The number of ketones is 2. The third-order valence-electron chi connectivity index (χ3n) is 6.13. The molecule has 0 bridgehead atoms. The second-order valence-corrected chi connectivity index (χ2v) is 7.49. The SMILES string of the molecule is CC[C@]1(O)CCc2c(cc3c(c2O)C(=O)c2c(O)cccc2C3=O)[C@H]1C(=O)OC. The number of rotatable bonds is 2. The van der Waals surface area contributed by atoms with Crippen molar-refractivity contribution in [2.24, 2.45) is 0 Å². The van der Waals surface area contributed by atoms with Crippen LogP contribution in [0.4, 0.5) is 0 Å². The van der Waals surface area contributed by atoms with Gasteiger partial charge < -0.3 is 20.1 Å². The number of carbonyl (C=O) groups is 3. The van der Waals surface area contributed by atoms with Crippen LogP contribution in [0.1, 0.15) is 68.7 Å². The average molecular weight is 396 g/mol. The molecular formula is C22H20O7. The van der Waals surface area contributed by atoms with Crippen molar-refractivity contribution >= 4 is 17.5 Å². The van der Waals surface area contributed by atoms with Crippen molar-refractivity contribution < 1.29 is 34.4 Å². The fraction of sp³-hybridized carbons (Fsp3) is 0.318. The molecule has 2 aliphatic carbocycles. The Kier molecular flexibility index (Phi) is 4.24. The Bertz CT molecular complexity index is 1090. The van der Waals surface area contributed by atoms with Crippen LogP contribution in [0.25, 0.3) is 0 Å². The van der Waals surface area contributed by atoms with Gasteiger partial charge >= 0.3 is 5.97 Å². The molecule has 0 aromatic heterocycles. The van der Waals surface area contributed by atoms with Crippen LogP contribution in [0.5, 0.6) is 11.5 Å². The molecule has 2 atom stereocenters. The molecule has 3 N–H and O–H groups in total. The minimum absolute atomic E-state index is 0.0260. The lowest BCUT2D eigenvalue weighted by molar-refractivity contribution is -0.151. The van der Waals surface area contributed by atoms with Gasteiger partial charge in [-0.2, -0.15) is 0 Å². The summed E-state index contributed by atoms with van der Waals surface area (Å²) in [5, 5.41) is 32.0. The molecule has 0 unspecified atom stereocenters. The largest absolute Gasteiger partial charge is 0.507 e. The third kappa shape index (κ3) is 2.50. The van der Waals surface area contributed by atoms with E-state index < -0.39 is 34.8 Å². The molecule has 0 amide bonds. The monoisotopic (exact) mass is 396 g/mol. The zero-order valence-corrected chi connectivity index (χ0v) is 16.0. The standard InChI is InChI=1S/C22H20O7/c1-3-22(28)8-7-10-12(17(22)21(27)29-2)9-13-16(19(10)25)20(26)15-11(18(13)24)5-4-6-14(15)23/h4-6,9,17,23,25,28H,3,7-8H2,1-2H3/t17-,22-/m0/s1. The van der Waals surface area contributed by atoms with Gasteiger partial charge in [0.1, 0.15) is 17.4 Å². The van der Waals surface area contributed by atoms with Gasteiger partial charge in [-0.05, 0) is 42.5 Å². The number of aromatic hydroxyl groups is 2. The van der Waals surface area contributed by atoms with E-state index in [1.54, 1.807) is 6.92 Å². The Morgan fingerprint density at radius 2 is 1.90 bits per heavy atom. The van der Waals surface area contributed by atoms with Gasteiger partial charge in [0.2, 0.25) is 5.78 Å². The number of phenolic OH excluding ortho intramolecular Hbond substituents is 2. The molecule has 0 saturated heterocycles. The van der Waals surface area contributed by atoms with Crippen LogP contribution < -0.4 is 0 Å². The fourth-order valence-electron chi connectivity index (χ4n) is 4.52. The van der Waals surface area contributed by atoms with Crippen molar-refractivity contribution in [3.05, 3.63) is 57.6 Å². The van der Waals surface area contributed by atoms with Crippen LogP contribution in [0.2, 0.25) is 0 Å². The van der Waals surface area contributed by atoms with Crippen LogP contribution >= 0.6 is 0 Å². The van der Waals surface area contributed by atoms with Gasteiger partial charge in [0.15, 0.2) is 5.78 Å². The number of phenols is 2. The topological polar surface area (TPSA) is 121 Å². The number of hydrogen-bond acceptors (Lipinski definition) is 7. The first-order valence-electron chi connectivity index (χ1n) is 9.35. The molecule has 4 rings (SSSR count). The molecular weight excluding hydrogens is 376 g/mol. The van der Waals surface area contributed by atoms with Crippen molar-refractivity contribution in [2.45, 2.75) is 37.7 Å². The molecule has 7 heteroatoms. The Hall–Kier alpha value is -3.19. The lowest BCUT2D eigenvalue weighted by Crippen LogP contribution is -2.44. The minimum Gasteiger partial charge on any atom is -0.507 e. The first kappa shape index (κ1) is 19.1. The number of fused-ring (bicyclic) bond motifs is 3. The molecule has 0 radical (unpaired) electrons. The maximum absolute atomic E-state index is 13.1. The lowest BCUT2D eigenvalue weighted by atomic mass is 9.68. The second kappa shape index (κ2) is 6.42. The van der Waals surface area contributed by atoms with Crippen LogP contribution in [-0.4, -0.2) is 45.6 Å². The Balaban J connectivity index is 2.01. The quantitative estimate of drug-likeness (QED) is 0.568. The van der Waals surface area contributed by atoms with E-state index in [2.05, 4.69) is 0 Å². The summed E-state index contributed by atoms with van der Waals surface area (Å²) in [5.41, 5.74) is -1.14. The molecule has 29 heavy (non-hydrogen) atoms. The van der Waals surface area contributed by atoms with Gasteiger partial charge in [0.25, 0.3) is 0 Å². The maximum Gasteiger partial charge on any atom is 0.316 e. The normalized spacial score (nSPS) is 22.5. The van der Waals surface area contributed by atoms with Gasteiger partial charge in [0.05, 0.1) is 23.8 Å². The summed E-state index contributed by atoms with van der Waals surface area (Å²) in [7, 11) is 1.21. The van der Waals surface area contributed by atoms with Crippen molar-refractivity contribution in [1.82, 2.24) is 0 Å². The maximum atomic E-state index is 13.1. The number of aliphatic hydroxyl groups is 1. The highest BCUT2D eigenvalue weighted by Gasteiger charge is 2.48. The molecule has 150 valence electrons. The van der Waals surface area contributed by atoms with Crippen molar-refractivity contribution in [2.75, 3.05) is 7.11 Å². The molecule has 0 fully saturated rings. The molecule has 0 spiro atoms. The van der Waals surface area contributed by atoms with E-state index in [0.717, 1.165) is 0 Å². The van der Waals surface area contributed by atoms with Crippen LogP contribution in [0.3, 0.4) is 0 Å². The van der Waals surface area contributed by atoms with Gasteiger partial charge in [-0.1, -0.05) is 19.1 Å². The molecule has 0 saturated carbocycles. The predicted molar refractivity (Wildman–Crippen MR) is 101 cm³/mol. The van der Waals surface area contributed by atoms with E-state index in [1.165, 1.54) is 31.4 Å². The fourth-order valence-corrected chi connectivity index (χ4v) is 4.52. The number of ether oxygens (including phenoxy) is 1. The van der Waals surface area contributed by atoms with Crippen LogP contribution in [0.15, 0.2) is 24.3 Å². The number of benzene rings is 2. The van der Waals surface area contributed by atoms with Crippen LogP contribution in [0, 0.1) is 0 Å². The van der Waals surface area contributed by atoms with Crippen molar-refractivity contribution in [3.63, 3.8) is 0 Å². The second-order valence-electron chi connectivity index (χ2n) is 7.49. The summed E-state index contributed by atoms with van der Waals surface area (Å²) >= 11 is 0. The van der Waals surface area contributed by atoms with E-state index in [9.17, 15) is 29.7 Å². The summed E-state index contributed by atoms with van der Waals surface area (Å²) in [4.78, 5) is 38.6. The molecule has 0 heterocycles. The van der Waals surface area contributed by atoms with E-state index >= 15 is 0 Å². The van der Waals surface area contributed by atoms with Gasteiger partial charge in [-0.3, -0.25) is 14.4 Å². The summed E-state index contributed by atoms with van der Waals surface area (Å²) < 4.78 is 4.88. The van der Waals surface area contributed by atoms with Crippen LogP contribution in [-0.2, 0) is 16.0 Å². The number of carbonyl (C=O) groups excluding carboxylic acids is 3. The predicted octanol–water partition coefficient (Wildman–Crippen LogP) is 2.22. The van der Waals surface area contributed by atoms with Gasteiger partial charge in [0, 0.05) is 11.1 Å². The summed E-state index contributed by atoms with van der Waals surface area (Å²) in [6.45, 7) is 1.74. The highest BCUT2D eigenvalue weighted by molar-refractivity contribution is 6.30. The first-order valence-corrected chi connectivity index (χ1v) is 9.35. The molecule has 2 aromatic rings. The van der Waals surface area contributed by atoms with E-state index in [0.29, 0.717) is 5.56 Å². The summed E-state index contributed by atoms with van der Waals surface area (Å²) in [6.07, 6.45) is 0.682. The van der Waals surface area contributed by atoms with Gasteiger partial charge in [-0.15, -0.1) is 0 Å². The van der Waals surface area contributed by atoms with E-state index in [4.69, 9.17) is 4.74 Å². The zero-order valence-electron chi connectivity index (χ0n) is 16.0. The number of hydrogen-bond donors (Lipinski definition) is 3. The third-order valence-corrected chi connectivity index (χ3v) is 6.13. The number of esters is 1. The minimum atomic E-state index is -1.39. The molecule has 2 aromatic carbocycles. The Morgan fingerprint density at radius 1 is 1.17 bits per heavy atom. The Labute approximate surface area is 166 Å². The summed E-state index contributed by atoms with van der Waals surface area (Å²) in [5.74, 6) is -3.70.